The number of benzene rings is 2. The third kappa shape index (κ3) is 2.55. The molecule has 0 radical (unpaired) electrons. The summed E-state index contributed by atoms with van der Waals surface area (Å²) in [5.41, 5.74) is 7.43. The molecule has 0 fully saturated rings. The van der Waals surface area contributed by atoms with E-state index >= 15 is 0 Å². The van der Waals surface area contributed by atoms with Crippen LogP contribution in [0.1, 0.15) is 21.5 Å². The zero-order chi connectivity index (χ0) is 13.8. The number of carbonyl (C=O) groups is 1. The predicted octanol–water partition coefficient (Wildman–Crippen LogP) is 2.38. The maximum Gasteiger partial charge on any atom is 0.195 e. The van der Waals surface area contributed by atoms with Gasteiger partial charge in [-0.25, -0.2) is 0 Å². The molecule has 0 amide bonds. The standard InChI is InChI=1S/C15H12N2O2/c1-19-12-5-6-14(17)13(8-12)15(18)11-4-2-3-10(7-11)9-16/h2-8H,17H2,1H3. The van der Waals surface area contributed by atoms with Crippen LogP contribution < -0.4 is 10.5 Å². The Morgan fingerprint density at radius 1 is 1.26 bits per heavy atom. The second kappa shape index (κ2) is 5.23. The van der Waals surface area contributed by atoms with E-state index in [1.54, 1.807) is 42.5 Å². The Hall–Kier alpha value is -2.80. The molecule has 2 aromatic carbocycles. The fraction of sp³-hybridized carbons (Fsp3) is 0.0667. The fourth-order valence-corrected chi connectivity index (χ4v) is 1.74. The van der Waals surface area contributed by atoms with Gasteiger partial charge in [-0.15, -0.1) is 0 Å². The number of methoxy groups -OCH3 is 1. The highest BCUT2D eigenvalue weighted by Gasteiger charge is 2.13. The molecule has 0 atom stereocenters. The number of nitrogens with two attached hydrogens (primary N) is 1. The number of nitrogens with zero attached hydrogens (tertiary/aromatic N) is 1. The zero-order valence-corrected chi connectivity index (χ0v) is 10.4. The number of nitrogen functional groups attached to an aromatic ring is 1. The van der Waals surface area contributed by atoms with Crippen molar-refractivity contribution in [2.45, 2.75) is 0 Å². The maximum atomic E-state index is 12.4. The summed E-state index contributed by atoms with van der Waals surface area (Å²) in [6, 6.07) is 13.4. The van der Waals surface area contributed by atoms with E-state index in [-0.39, 0.29) is 5.78 Å². The highest BCUT2D eigenvalue weighted by Crippen LogP contribution is 2.22. The molecule has 0 aliphatic rings. The second-order valence-corrected chi connectivity index (χ2v) is 3.97. The number of hydrogen-bond acceptors (Lipinski definition) is 4. The monoisotopic (exact) mass is 252 g/mol. The lowest BCUT2D eigenvalue weighted by molar-refractivity contribution is 0.103. The van der Waals surface area contributed by atoms with Gasteiger partial charge in [-0.2, -0.15) is 5.26 Å². The van der Waals surface area contributed by atoms with Gasteiger partial charge in [0.05, 0.1) is 18.7 Å². The Morgan fingerprint density at radius 3 is 2.74 bits per heavy atom. The highest BCUT2D eigenvalue weighted by atomic mass is 16.5. The number of ketones is 1. The first-order valence-electron chi connectivity index (χ1n) is 5.64. The third-order valence-corrected chi connectivity index (χ3v) is 2.76. The Bertz CT molecular complexity index is 672. The average Bonchev–Trinajstić information content (AvgIpc) is 2.47. The average molecular weight is 252 g/mol. The van der Waals surface area contributed by atoms with Gasteiger partial charge in [-0.05, 0) is 30.3 Å². The van der Waals surface area contributed by atoms with Crippen molar-refractivity contribution in [2.75, 3.05) is 12.8 Å². The lowest BCUT2D eigenvalue weighted by atomic mass is 10.00. The first-order valence-corrected chi connectivity index (χ1v) is 5.64. The van der Waals surface area contributed by atoms with E-state index in [2.05, 4.69) is 0 Å². The molecule has 0 aliphatic heterocycles. The van der Waals surface area contributed by atoms with Crippen molar-refractivity contribution < 1.29 is 9.53 Å². The summed E-state index contributed by atoms with van der Waals surface area (Å²) in [6.45, 7) is 0. The molecule has 2 rings (SSSR count). The number of hydrogen-bond donors (Lipinski definition) is 1. The van der Waals surface area contributed by atoms with Gasteiger partial charge in [0.15, 0.2) is 5.78 Å². The second-order valence-electron chi connectivity index (χ2n) is 3.97. The normalized spacial score (nSPS) is 9.68. The molecule has 0 bridgehead atoms. The minimum Gasteiger partial charge on any atom is -0.497 e. The third-order valence-electron chi connectivity index (χ3n) is 2.76. The molecule has 19 heavy (non-hydrogen) atoms. The van der Waals surface area contributed by atoms with Crippen LogP contribution in [0.5, 0.6) is 5.75 Å². The molecule has 2 aromatic rings. The van der Waals surface area contributed by atoms with Gasteiger partial charge in [-0.3, -0.25) is 4.79 Å². The molecule has 94 valence electrons. The van der Waals surface area contributed by atoms with Gasteiger partial charge >= 0.3 is 0 Å². The zero-order valence-electron chi connectivity index (χ0n) is 10.4. The van der Waals surface area contributed by atoms with Gasteiger partial charge in [0.25, 0.3) is 0 Å². The summed E-state index contributed by atoms with van der Waals surface area (Å²) in [6.07, 6.45) is 0. The van der Waals surface area contributed by atoms with Crippen LogP contribution in [0.15, 0.2) is 42.5 Å². The highest BCUT2D eigenvalue weighted by molar-refractivity contribution is 6.12. The van der Waals surface area contributed by atoms with E-state index in [0.717, 1.165) is 0 Å². The van der Waals surface area contributed by atoms with Crippen LogP contribution in [-0.4, -0.2) is 12.9 Å². The van der Waals surface area contributed by atoms with Gasteiger partial charge < -0.3 is 10.5 Å². The minimum atomic E-state index is -0.228. The molecule has 0 saturated heterocycles. The topological polar surface area (TPSA) is 76.1 Å². The van der Waals surface area contributed by atoms with Crippen molar-refractivity contribution in [1.29, 1.82) is 5.26 Å². The largest absolute Gasteiger partial charge is 0.497 e. The van der Waals surface area contributed by atoms with Crippen LogP contribution in [0.3, 0.4) is 0 Å². The molecular formula is C15H12N2O2. The van der Waals surface area contributed by atoms with Crippen LogP contribution in [0, 0.1) is 11.3 Å². The van der Waals surface area contributed by atoms with E-state index in [4.69, 9.17) is 15.7 Å². The van der Waals surface area contributed by atoms with Crippen molar-refractivity contribution in [2.24, 2.45) is 0 Å². The number of anilines is 1. The molecule has 0 heterocycles. The van der Waals surface area contributed by atoms with Crippen LogP contribution >= 0.6 is 0 Å². The lowest BCUT2D eigenvalue weighted by Gasteiger charge is -2.07. The molecule has 0 aromatic heterocycles. The van der Waals surface area contributed by atoms with Crippen molar-refractivity contribution in [3.63, 3.8) is 0 Å². The summed E-state index contributed by atoms with van der Waals surface area (Å²) < 4.78 is 5.08. The number of nitriles is 1. The van der Waals surface area contributed by atoms with E-state index < -0.39 is 0 Å². The fourth-order valence-electron chi connectivity index (χ4n) is 1.74. The van der Waals surface area contributed by atoms with Crippen LogP contribution in [0.2, 0.25) is 0 Å². The van der Waals surface area contributed by atoms with Gasteiger partial charge in [0.2, 0.25) is 0 Å². The van der Waals surface area contributed by atoms with E-state index in [0.29, 0.717) is 28.1 Å². The van der Waals surface area contributed by atoms with Crippen molar-refractivity contribution in [3.8, 4) is 11.8 Å². The summed E-state index contributed by atoms with van der Waals surface area (Å²) in [7, 11) is 1.52. The smallest absolute Gasteiger partial charge is 0.195 e. The van der Waals surface area contributed by atoms with E-state index in [1.807, 2.05) is 6.07 Å². The number of carbonyl (C=O) groups excluding carboxylic acids is 1. The van der Waals surface area contributed by atoms with Gasteiger partial charge in [0.1, 0.15) is 5.75 Å². The molecule has 4 nitrogen and oxygen atoms in total. The summed E-state index contributed by atoms with van der Waals surface area (Å²) in [5.74, 6) is 0.336. The van der Waals surface area contributed by atoms with Gasteiger partial charge in [-0.1, -0.05) is 12.1 Å². The van der Waals surface area contributed by atoms with Crippen molar-refractivity contribution in [3.05, 3.63) is 59.2 Å². The molecule has 0 aliphatic carbocycles. The van der Waals surface area contributed by atoms with E-state index in [1.165, 1.54) is 7.11 Å². The SMILES string of the molecule is COc1ccc(N)c(C(=O)c2cccc(C#N)c2)c1. The molecule has 2 N–H and O–H groups in total. The predicted molar refractivity (Wildman–Crippen MR) is 72.0 cm³/mol. The number of rotatable bonds is 3. The van der Waals surface area contributed by atoms with Crippen LogP contribution in [0.25, 0.3) is 0 Å². The minimum absolute atomic E-state index is 0.228. The summed E-state index contributed by atoms with van der Waals surface area (Å²) in [4.78, 5) is 12.4. The van der Waals surface area contributed by atoms with Crippen molar-refractivity contribution >= 4 is 11.5 Å². The van der Waals surface area contributed by atoms with Gasteiger partial charge in [0, 0.05) is 16.8 Å². The Kier molecular flexibility index (Phi) is 3.48. The summed E-state index contributed by atoms with van der Waals surface area (Å²) in [5, 5.41) is 8.85. The maximum absolute atomic E-state index is 12.4. The first-order chi connectivity index (χ1) is 9.15. The molecule has 4 heteroatoms. The summed E-state index contributed by atoms with van der Waals surface area (Å²) >= 11 is 0. The molecular weight excluding hydrogens is 240 g/mol. The lowest BCUT2D eigenvalue weighted by Crippen LogP contribution is -2.06. The Labute approximate surface area is 111 Å². The number of ether oxygens (including phenoxy) is 1. The Morgan fingerprint density at radius 2 is 2.05 bits per heavy atom. The van der Waals surface area contributed by atoms with E-state index in [9.17, 15) is 4.79 Å². The van der Waals surface area contributed by atoms with Crippen LogP contribution in [0.4, 0.5) is 5.69 Å². The molecule has 0 unspecified atom stereocenters. The quantitative estimate of drug-likeness (QED) is 0.672. The van der Waals surface area contributed by atoms with Crippen molar-refractivity contribution in [1.82, 2.24) is 0 Å². The molecule has 0 saturated carbocycles. The first kappa shape index (κ1) is 12.7. The Balaban J connectivity index is 2.46. The molecule has 0 spiro atoms. The van der Waals surface area contributed by atoms with Crippen LogP contribution in [-0.2, 0) is 0 Å².